The summed E-state index contributed by atoms with van der Waals surface area (Å²) < 4.78 is 5.58. The molecule has 144 valence electrons. The molecule has 0 saturated heterocycles. The second kappa shape index (κ2) is 8.91. The van der Waals surface area contributed by atoms with Crippen LogP contribution in [-0.2, 0) is 16.1 Å². The Morgan fingerprint density at radius 1 is 1.00 bits per heavy atom. The van der Waals surface area contributed by atoms with Gasteiger partial charge in [0.05, 0.1) is 6.10 Å². The molecule has 2 aromatic rings. The van der Waals surface area contributed by atoms with Crippen molar-refractivity contribution in [2.24, 2.45) is 5.41 Å². The van der Waals surface area contributed by atoms with E-state index < -0.39 is 5.41 Å². The van der Waals surface area contributed by atoms with Crippen LogP contribution < -0.4 is 15.4 Å². The van der Waals surface area contributed by atoms with E-state index in [1.165, 1.54) is 0 Å². The van der Waals surface area contributed by atoms with Crippen molar-refractivity contribution in [2.45, 2.75) is 40.3 Å². The average Bonchev–Trinajstić information content (AvgIpc) is 2.62. The smallest absolute Gasteiger partial charge is 0.239 e. The predicted molar refractivity (Wildman–Crippen MR) is 108 cm³/mol. The molecule has 0 bridgehead atoms. The fourth-order valence-corrected chi connectivity index (χ4v) is 2.41. The summed E-state index contributed by atoms with van der Waals surface area (Å²) in [5, 5.41) is 6.20. The zero-order chi connectivity index (χ0) is 20.0. The lowest BCUT2D eigenvalue weighted by Crippen LogP contribution is -2.44. The number of benzene rings is 2. The molecule has 0 unspecified atom stereocenters. The van der Waals surface area contributed by atoms with Crippen LogP contribution in [-0.4, -0.2) is 17.9 Å². The van der Waals surface area contributed by atoms with Gasteiger partial charge in [0.25, 0.3) is 0 Å². The van der Waals surface area contributed by atoms with Crippen LogP contribution in [0.3, 0.4) is 0 Å². The van der Waals surface area contributed by atoms with Crippen LogP contribution in [0, 0.1) is 5.41 Å². The topological polar surface area (TPSA) is 67.4 Å². The Bertz CT molecular complexity index is 784. The third-order valence-corrected chi connectivity index (χ3v) is 4.24. The summed E-state index contributed by atoms with van der Waals surface area (Å²) in [6.07, 6.45) is 0.0775. The summed E-state index contributed by atoms with van der Waals surface area (Å²) in [7, 11) is 0. The molecular formula is C21H25ClN2O3. The minimum atomic E-state index is -1.22. The van der Waals surface area contributed by atoms with Gasteiger partial charge < -0.3 is 15.4 Å². The number of carbonyl (C=O) groups excluding carboxylic acids is 2. The van der Waals surface area contributed by atoms with Crippen LogP contribution in [0.5, 0.6) is 5.75 Å². The third-order valence-electron chi connectivity index (χ3n) is 3.99. The van der Waals surface area contributed by atoms with Crippen molar-refractivity contribution in [3.8, 4) is 5.75 Å². The summed E-state index contributed by atoms with van der Waals surface area (Å²) >= 11 is 5.85. The van der Waals surface area contributed by atoms with E-state index in [0.29, 0.717) is 17.3 Å². The van der Waals surface area contributed by atoms with E-state index in [1.807, 2.05) is 26.0 Å². The first-order valence-corrected chi connectivity index (χ1v) is 9.17. The van der Waals surface area contributed by atoms with E-state index in [2.05, 4.69) is 10.6 Å². The van der Waals surface area contributed by atoms with E-state index >= 15 is 0 Å². The minimum Gasteiger partial charge on any atom is -0.491 e. The van der Waals surface area contributed by atoms with Gasteiger partial charge in [-0.05, 0) is 69.7 Å². The van der Waals surface area contributed by atoms with Gasteiger partial charge in [-0.1, -0.05) is 23.7 Å². The fourth-order valence-electron chi connectivity index (χ4n) is 2.29. The molecule has 2 rings (SSSR count). The summed E-state index contributed by atoms with van der Waals surface area (Å²) in [5.74, 6) is -0.00804. The summed E-state index contributed by atoms with van der Waals surface area (Å²) in [6.45, 7) is 7.40. The monoisotopic (exact) mass is 388 g/mol. The molecular weight excluding hydrogens is 364 g/mol. The third kappa shape index (κ3) is 6.00. The molecule has 2 amide bonds. The molecule has 0 heterocycles. The highest BCUT2D eigenvalue weighted by molar-refractivity contribution is 6.30. The number of ether oxygens (including phenoxy) is 1. The first-order valence-electron chi connectivity index (χ1n) is 8.79. The van der Waals surface area contributed by atoms with Crippen LogP contribution >= 0.6 is 11.6 Å². The maximum atomic E-state index is 12.6. The maximum absolute atomic E-state index is 12.6. The fraction of sp³-hybridized carbons (Fsp3) is 0.333. The second-order valence-electron chi connectivity index (χ2n) is 7.08. The van der Waals surface area contributed by atoms with Crippen molar-refractivity contribution in [1.29, 1.82) is 0 Å². The molecule has 2 aromatic carbocycles. The van der Waals surface area contributed by atoms with Crippen LogP contribution in [0.25, 0.3) is 0 Å². The number of rotatable bonds is 7. The lowest BCUT2D eigenvalue weighted by molar-refractivity contribution is -0.138. The van der Waals surface area contributed by atoms with Crippen molar-refractivity contribution >= 4 is 29.1 Å². The highest BCUT2D eigenvalue weighted by Gasteiger charge is 2.35. The van der Waals surface area contributed by atoms with Crippen molar-refractivity contribution in [3.63, 3.8) is 0 Å². The zero-order valence-corrected chi connectivity index (χ0v) is 16.8. The molecule has 0 fully saturated rings. The van der Waals surface area contributed by atoms with Gasteiger partial charge in [0.15, 0.2) is 0 Å². The lowest BCUT2D eigenvalue weighted by atomic mass is 9.90. The highest BCUT2D eigenvalue weighted by atomic mass is 35.5. The van der Waals surface area contributed by atoms with Crippen molar-refractivity contribution in [2.75, 3.05) is 5.32 Å². The molecule has 0 spiro atoms. The number of anilines is 1. The molecule has 5 nitrogen and oxygen atoms in total. The summed E-state index contributed by atoms with van der Waals surface area (Å²) in [4.78, 5) is 25.1. The van der Waals surface area contributed by atoms with Gasteiger partial charge in [-0.25, -0.2) is 0 Å². The number of halogens is 1. The van der Waals surface area contributed by atoms with Gasteiger partial charge in [-0.2, -0.15) is 0 Å². The molecule has 0 saturated carbocycles. The largest absolute Gasteiger partial charge is 0.491 e. The maximum Gasteiger partial charge on any atom is 0.239 e. The summed E-state index contributed by atoms with van der Waals surface area (Å²) in [5.41, 5.74) is 0.291. The number of hydrogen-bond donors (Lipinski definition) is 2. The zero-order valence-electron chi connectivity index (χ0n) is 16.0. The number of amides is 2. The van der Waals surface area contributed by atoms with E-state index in [4.69, 9.17) is 16.3 Å². The standard InChI is InChI=1S/C21H25ClN2O3/c1-14(2)27-18-11-9-17(10-12-18)24-20(26)21(3,4)19(25)23-13-15-5-7-16(22)8-6-15/h5-12,14H,13H2,1-4H3,(H,23,25)(H,24,26). The van der Waals surface area contributed by atoms with E-state index in [9.17, 15) is 9.59 Å². The first kappa shape index (κ1) is 20.8. The van der Waals surface area contributed by atoms with Gasteiger partial charge in [0, 0.05) is 17.3 Å². The van der Waals surface area contributed by atoms with E-state index in [-0.39, 0.29) is 17.9 Å². The molecule has 27 heavy (non-hydrogen) atoms. The van der Waals surface area contributed by atoms with Gasteiger partial charge in [-0.3, -0.25) is 9.59 Å². The average molecular weight is 389 g/mol. The van der Waals surface area contributed by atoms with Crippen molar-refractivity contribution in [3.05, 3.63) is 59.1 Å². The first-order chi connectivity index (χ1) is 12.7. The van der Waals surface area contributed by atoms with E-state index in [0.717, 1.165) is 11.3 Å². The van der Waals surface area contributed by atoms with Crippen molar-refractivity contribution in [1.82, 2.24) is 5.32 Å². The number of nitrogens with one attached hydrogen (secondary N) is 2. The van der Waals surface area contributed by atoms with Crippen LogP contribution in [0.2, 0.25) is 5.02 Å². The Morgan fingerprint density at radius 2 is 1.59 bits per heavy atom. The van der Waals surface area contributed by atoms with Gasteiger partial charge >= 0.3 is 0 Å². The molecule has 2 N–H and O–H groups in total. The Hall–Kier alpha value is -2.53. The molecule has 0 atom stereocenters. The minimum absolute atomic E-state index is 0.0775. The molecule has 6 heteroatoms. The Kier molecular flexibility index (Phi) is 6.86. The van der Waals surface area contributed by atoms with Gasteiger partial charge in [-0.15, -0.1) is 0 Å². The molecule has 0 radical (unpaired) electrons. The number of hydrogen-bond acceptors (Lipinski definition) is 3. The Labute approximate surface area is 165 Å². The Morgan fingerprint density at radius 3 is 2.15 bits per heavy atom. The molecule has 0 aliphatic carbocycles. The van der Waals surface area contributed by atoms with Crippen LogP contribution in [0.1, 0.15) is 33.3 Å². The summed E-state index contributed by atoms with van der Waals surface area (Å²) in [6, 6.07) is 14.2. The Balaban J connectivity index is 1.94. The van der Waals surface area contributed by atoms with Gasteiger partial charge in [0.1, 0.15) is 11.2 Å². The normalized spacial score (nSPS) is 11.2. The molecule has 0 aromatic heterocycles. The van der Waals surface area contributed by atoms with Crippen LogP contribution in [0.15, 0.2) is 48.5 Å². The second-order valence-corrected chi connectivity index (χ2v) is 7.52. The predicted octanol–water partition coefficient (Wildman–Crippen LogP) is 4.41. The number of carbonyl (C=O) groups is 2. The SMILES string of the molecule is CC(C)Oc1ccc(NC(=O)C(C)(C)C(=O)NCc2ccc(Cl)cc2)cc1. The highest BCUT2D eigenvalue weighted by Crippen LogP contribution is 2.22. The quantitative estimate of drug-likeness (QED) is 0.690. The molecule has 0 aliphatic rings. The van der Waals surface area contributed by atoms with Gasteiger partial charge in [0.2, 0.25) is 11.8 Å². The molecule has 0 aliphatic heterocycles. The lowest BCUT2D eigenvalue weighted by Gasteiger charge is -2.23. The van der Waals surface area contributed by atoms with Crippen LogP contribution in [0.4, 0.5) is 5.69 Å². The van der Waals surface area contributed by atoms with Crippen molar-refractivity contribution < 1.29 is 14.3 Å². The van der Waals surface area contributed by atoms with E-state index in [1.54, 1.807) is 50.2 Å².